The molecule has 1 aliphatic heterocycles. The maximum atomic E-state index is 12.7. The minimum Gasteiger partial charge on any atom is -0.465 e. The average molecular weight is 421 g/mol. The van der Waals surface area contributed by atoms with Gasteiger partial charge in [-0.15, -0.1) is 0 Å². The van der Waals surface area contributed by atoms with Crippen molar-refractivity contribution in [1.29, 1.82) is 0 Å². The smallest absolute Gasteiger partial charge is 0.410 e. The Kier molecular flexibility index (Phi) is 5.48. The molecule has 0 fully saturated rings. The van der Waals surface area contributed by atoms with Gasteiger partial charge >= 0.3 is 12.1 Å². The van der Waals surface area contributed by atoms with Crippen molar-refractivity contribution in [2.24, 2.45) is 0 Å². The Morgan fingerprint density at radius 3 is 2.42 bits per heavy atom. The minimum atomic E-state index is -0.522. The number of benzene rings is 2. The molecule has 0 unspecified atom stereocenters. The fraction of sp³-hybridized carbons (Fsp3) is 0.360. The van der Waals surface area contributed by atoms with E-state index in [-0.39, 0.29) is 12.1 Å². The highest BCUT2D eigenvalue weighted by atomic mass is 16.6. The van der Waals surface area contributed by atoms with Gasteiger partial charge in [-0.1, -0.05) is 30.3 Å². The molecule has 6 heteroatoms. The van der Waals surface area contributed by atoms with Crippen LogP contribution >= 0.6 is 0 Å². The number of para-hydroxylation sites is 1. The van der Waals surface area contributed by atoms with E-state index in [1.165, 1.54) is 18.1 Å². The molecule has 0 N–H and O–H groups in total. The van der Waals surface area contributed by atoms with Crippen LogP contribution in [0.25, 0.3) is 10.9 Å². The van der Waals surface area contributed by atoms with Crippen LogP contribution in [0.5, 0.6) is 0 Å². The molecule has 1 amide bonds. The molecule has 1 aliphatic rings. The number of fused-ring (bicyclic) bond motifs is 3. The highest BCUT2D eigenvalue weighted by Crippen LogP contribution is 2.32. The number of methoxy groups -OCH3 is 1. The summed E-state index contributed by atoms with van der Waals surface area (Å²) in [5.74, 6) is -0.344. The van der Waals surface area contributed by atoms with Gasteiger partial charge in [0, 0.05) is 29.7 Å². The van der Waals surface area contributed by atoms with Gasteiger partial charge in [-0.05, 0) is 56.5 Å². The fourth-order valence-corrected chi connectivity index (χ4v) is 4.10. The van der Waals surface area contributed by atoms with Crippen LogP contribution in [-0.2, 0) is 29.0 Å². The van der Waals surface area contributed by atoms with E-state index in [9.17, 15) is 9.59 Å². The van der Waals surface area contributed by atoms with Gasteiger partial charge in [-0.25, -0.2) is 9.59 Å². The van der Waals surface area contributed by atoms with E-state index in [2.05, 4.69) is 22.8 Å². The predicted octanol–water partition coefficient (Wildman–Crippen LogP) is 4.77. The van der Waals surface area contributed by atoms with Crippen molar-refractivity contribution in [3.8, 4) is 0 Å². The van der Waals surface area contributed by atoms with E-state index in [0.717, 1.165) is 23.2 Å². The van der Waals surface area contributed by atoms with Crippen LogP contribution in [-0.4, -0.2) is 40.8 Å². The minimum absolute atomic E-state index is 0.280. The second kappa shape index (κ2) is 8.10. The molecule has 162 valence electrons. The Morgan fingerprint density at radius 2 is 1.74 bits per heavy atom. The van der Waals surface area contributed by atoms with Crippen molar-refractivity contribution < 1.29 is 19.1 Å². The summed E-state index contributed by atoms with van der Waals surface area (Å²) in [6, 6.07) is 15.8. The molecule has 0 atom stereocenters. The van der Waals surface area contributed by atoms with E-state index >= 15 is 0 Å². The summed E-state index contributed by atoms with van der Waals surface area (Å²) in [5.41, 5.74) is 4.66. The summed E-state index contributed by atoms with van der Waals surface area (Å²) in [4.78, 5) is 26.2. The van der Waals surface area contributed by atoms with E-state index in [0.29, 0.717) is 25.2 Å². The average Bonchev–Trinajstić information content (AvgIpc) is 3.06. The Hall–Kier alpha value is -3.28. The van der Waals surface area contributed by atoms with Crippen molar-refractivity contribution in [3.05, 3.63) is 70.9 Å². The highest BCUT2D eigenvalue weighted by molar-refractivity contribution is 5.89. The molecule has 0 saturated heterocycles. The number of aromatic nitrogens is 1. The Morgan fingerprint density at radius 1 is 1.03 bits per heavy atom. The lowest BCUT2D eigenvalue weighted by atomic mass is 10.0. The molecule has 0 spiro atoms. The van der Waals surface area contributed by atoms with Gasteiger partial charge in [-0.2, -0.15) is 0 Å². The number of amides is 1. The third-order valence-corrected chi connectivity index (χ3v) is 5.53. The van der Waals surface area contributed by atoms with Gasteiger partial charge in [0.1, 0.15) is 5.60 Å². The lowest BCUT2D eigenvalue weighted by Gasteiger charge is -2.31. The van der Waals surface area contributed by atoms with Crippen molar-refractivity contribution >= 4 is 23.0 Å². The van der Waals surface area contributed by atoms with E-state index in [1.807, 2.05) is 39.0 Å². The van der Waals surface area contributed by atoms with Crippen LogP contribution < -0.4 is 0 Å². The number of hydrogen-bond acceptors (Lipinski definition) is 4. The van der Waals surface area contributed by atoms with Gasteiger partial charge < -0.3 is 18.9 Å². The third-order valence-electron chi connectivity index (χ3n) is 5.53. The fourth-order valence-electron chi connectivity index (χ4n) is 4.10. The number of nitrogens with zero attached hydrogens (tertiary/aromatic N) is 2. The maximum Gasteiger partial charge on any atom is 0.410 e. The monoisotopic (exact) mass is 420 g/mol. The second-order valence-corrected chi connectivity index (χ2v) is 8.87. The number of ether oxygens (including phenoxy) is 2. The van der Waals surface area contributed by atoms with Gasteiger partial charge in [-0.3, -0.25) is 0 Å². The highest BCUT2D eigenvalue weighted by Gasteiger charge is 2.29. The molecular weight excluding hydrogens is 392 g/mol. The van der Waals surface area contributed by atoms with Crippen LogP contribution in [0.2, 0.25) is 0 Å². The van der Waals surface area contributed by atoms with E-state index in [4.69, 9.17) is 9.47 Å². The quantitative estimate of drug-likeness (QED) is 0.573. The summed E-state index contributed by atoms with van der Waals surface area (Å²) in [6.45, 7) is 7.46. The van der Waals surface area contributed by atoms with Gasteiger partial charge in [0.15, 0.2) is 0 Å². The second-order valence-electron chi connectivity index (χ2n) is 8.87. The zero-order chi connectivity index (χ0) is 22.2. The molecule has 2 aromatic carbocycles. The van der Waals surface area contributed by atoms with Crippen LogP contribution in [0.4, 0.5) is 4.79 Å². The molecule has 31 heavy (non-hydrogen) atoms. The lowest BCUT2D eigenvalue weighted by molar-refractivity contribution is 0.0219. The van der Waals surface area contributed by atoms with E-state index < -0.39 is 5.60 Å². The number of carbonyl (C=O) groups excluding carboxylic acids is 2. The summed E-state index contributed by atoms with van der Waals surface area (Å²) in [5, 5.41) is 1.23. The summed E-state index contributed by atoms with van der Waals surface area (Å²) in [7, 11) is 1.38. The predicted molar refractivity (Wildman–Crippen MR) is 119 cm³/mol. The lowest BCUT2D eigenvalue weighted by Crippen LogP contribution is -2.40. The van der Waals surface area contributed by atoms with Gasteiger partial charge in [0.05, 0.1) is 19.2 Å². The van der Waals surface area contributed by atoms with Crippen molar-refractivity contribution in [2.45, 2.75) is 45.9 Å². The normalized spacial score (nSPS) is 13.7. The molecule has 0 aliphatic carbocycles. The maximum absolute atomic E-state index is 12.7. The van der Waals surface area contributed by atoms with Crippen molar-refractivity contribution in [3.63, 3.8) is 0 Å². The standard InChI is InChI=1S/C25H28N2O4/c1-25(2,3)31-24(29)26-14-13-20-19-7-5-6-8-21(19)27(22(20)16-26)15-17-9-11-18(12-10-17)23(28)30-4/h5-12H,13-16H2,1-4H3. The van der Waals surface area contributed by atoms with Crippen LogP contribution in [0.1, 0.15) is 48.0 Å². The molecule has 1 aromatic heterocycles. The van der Waals surface area contributed by atoms with Gasteiger partial charge in [0.2, 0.25) is 0 Å². The first-order chi connectivity index (χ1) is 14.8. The molecule has 3 aromatic rings. The van der Waals surface area contributed by atoms with Crippen molar-refractivity contribution in [2.75, 3.05) is 13.7 Å². The summed E-state index contributed by atoms with van der Waals surface area (Å²) < 4.78 is 12.7. The van der Waals surface area contributed by atoms with Crippen LogP contribution in [0.3, 0.4) is 0 Å². The zero-order valence-electron chi connectivity index (χ0n) is 18.5. The first kappa shape index (κ1) is 21.0. The largest absolute Gasteiger partial charge is 0.465 e. The molecule has 0 saturated carbocycles. The topological polar surface area (TPSA) is 60.8 Å². The summed E-state index contributed by atoms with van der Waals surface area (Å²) in [6.07, 6.45) is 0.515. The van der Waals surface area contributed by atoms with Crippen LogP contribution in [0.15, 0.2) is 48.5 Å². The van der Waals surface area contributed by atoms with Gasteiger partial charge in [0.25, 0.3) is 0 Å². The molecule has 0 bridgehead atoms. The third kappa shape index (κ3) is 4.29. The number of rotatable bonds is 3. The van der Waals surface area contributed by atoms with Crippen molar-refractivity contribution in [1.82, 2.24) is 9.47 Å². The van der Waals surface area contributed by atoms with E-state index in [1.54, 1.807) is 17.0 Å². The Bertz CT molecular complexity index is 1120. The number of esters is 1. The molecule has 4 rings (SSSR count). The Balaban J connectivity index is 1.67. The molecule has 0 radical (unpaired) electrons. The number of carbonyl (C=O) groups is 2. The SMILES string of the molecule is COC(=O)c1ccc(Cn2c3c(c4ccccc42)CCN(C(=O)OC(C)(C)C)C3)cc1. The number of hydrogen-bond donors (Lipinski definition) is 0. The molecule has 2 heterocycles. The summed E-state index contributed by atoms with van der Waals surface area (Å²) >= 11 is 0. The first-order valence-electron chi connectivity index (χ1n) is 10.5. The van der Waals surface area contributed by atoms with Crippen LogP contribution in [0, 0.1) is 0 Å². The molecular formula is C25H28N2O4. The molecule has 6 nitrogen and oxygen atoms in total. The zero-order valence-corrected chi connectivity index (χ0v) is 18.5. The first-order valence-corrected chi connectivity index (χ1v) is 10.5. The Labute approximate surface area is 182 Å².